The molecule has 1 aromatic rings. The zero-order chi connectivity index (χ0) is 11.4. The number of hydrogen-bond acceptors (Lipinski definition) is 2. The lowest BCUT2D eigenvalue weighted by Gasteiger charge is -2.21. The normalized spacial score (nSPS) is 10.8. The minimum atomic E-state index is -0.544. The van der Waals surface area contributed by atoms with Crippen molar-refractivity contribution in [2.45, 2.75) is 0 Å². The Balaban J connectivity index is 2.69. The second kappa shape index (κ2) is 5.07. The third-order valence-electron chi connectivity index (χ3n) is 2.20. The SMILES string of the molecule is CN(C)CCN(C)c1ccc(F)cc1F. The molecule has 15 heavy (non-hydrogen) atoms. The monoisotopic (exact) mass is 214 g/mol. The van der Waals surface area contributed by atoms with E-state index < -0.39 is 11.6 Å². The Kier molecular flexibility index (Phi) is 4.03. The first-order chi connectivity index (χ1) is 7.00. The second-order valence-electron chi connectivity index (χ2n) is 3.82. The number of anilines is 1. The standard InChI is InChI=1S/C11H16F2N2/c1-14(2)6-7-15(3)11-5-4-9(12)8-10(11)13/h4-5,8H,6-7H2,1-3H3. The smallest absolute Gasteiger partial charge is 0.149 e. The molecule has 0 atom stereocenters. The maximum Gasteiger partial charge on any atom is 0.149 e. The average Bonchev–Trinajstić information content (AvgIpc) is 2.14. The van der Waals surface area contributed by atoms with E-state index in [0.29, 0.717) is 12.2 Å². The van der Waals surface area contributed by atoms with Gasteiger partial charge >= 0.3 is 0 Å². The first kappa shape index (κ1) is 11.9. The van der Waals surface area contributed by atoms with Gasteiger partial charge < -0.3 is 9.80 Å². The van der Waals surface area contributed by atoms with Crippen LogP contribution in [0.5, 0.6) is 0 Å². The molecule has 0 saturated heterocycles. The van der Waals surface area contributed by atoms with Gasteiger partial charge in [0.25, 0.3) is 0 Å². The van der Waals surface area contributed by atoms with Crippen molar-refractivity contribution in [1.82, 2.24) is 4.90 Å². The van der Waals surface area contributed by atoms with E-state index in [1.165, 1.54) is 12.1 Å². The van der Waals surface area contributed by atoms with E-state index in [1.807, 2.05) is 19.0 Å². The Morgan fingerprint density at radius 1 is 1.07 bits per heavy atom. The highest BCUT2D eigenvalue weighted by molar-refractivity contribution is 5.46. The van der Waals surface area contributed by atoms with Crippen LogP contribution in [0.4, 0.5) is 14.5 Å². The van der Waals surface area contributed by atoms with Crippen LogP contribution in [0.3, 0.4) is 0 Å². The van der Waals surface area contributed by atoms with E-state index in [9.17, 15) is 8.78 Å². The van der Waals surface area contributed by atoms with E-state index >= 15 is 0 Å². The summed E-state index contributed by atoms with van der Waals surface area (Å²) < 4.78 is 26.0. The first-order valence-electron chi connectivity index (χ1n) is 4.81. The molecule has 0 saturated carbocycles. The van der Waals surface area contributed by atoms with Crippen molar-refractivity contribution in [3.8, 4) is 0 Å². The van der Waals surface area contributed by atoms with E-state index in [-0.39, 0.29) is 0 Å². The minimum absolute atomic E-state index is 0.429. The van der Waals surface area contributed by atoms with E-state index in [2.05, 4.69) is 0 Å². The highest BCUT2D eigenvalue weighted by Gasteiger charge is 2.08. The maximum atomic E-state index is 13.3. The van der Waals surface area contributed by atoms with Gasteiger partial charge in [-0.2, -0.15) is 0 Å². The molecule has 0 heterocycles. The molecule has 0 N–H and O–H groups in total. The Bertz CT molecular complexity index is 326. The fourth-order valence-corrected chi connectivity index (χ4v) is 1.26. The van der Waals surface area contributed by atoms with Crippen molar-refractivity contribution in [3.63, 3.8) is 0 Å². The van der Waals surface area contributed by atoms with Crippen LogP contribution >= 0.6 is 0 Å². The van der Waals surface area contributed by atoms with Crippen molar-refractivity contribution in [2.75, 3.05) is 39.1 Å². The summed E-state index contributed by atoms with van der Waals surface area (Å²) >= 11 is 0. The average molecular weight is 214 g/mol. The largest absolute Gasteiger partial charge is 0.371 e. The van der Waals surface area contributed by atoms with Gasteiger partial charge in [-0.3, -0.25) is 0 Å². The van der Waals surface area contributed by atoms with Crippen molar-refractivity contribution >= 4 is 5.69 Å². The summed E-state index contributed by atoms with van der Waals surface area (Å²) in [6, 6.07) is 3.63. The van der Waals surface area contributed by atoms with Gasteiger partial charge in [0.05, 0.1) is 5.69 Å². The molecule has 2 nitrogen and oxygen atoms in total. The van der Waals surface area contributed by atoms with Gasteiger partial charge in [0.15, 0.2) is 0 Å². The van der Waals surface area contributed by atoms with Crippen molar-refractivity contribution in [3.05, 3.63) is 29.8 Å². The Morgan fingerprint density at radius 3 is 2.27 bits per heavy atom. The van der Waals surface area contributed by atoms with E-state index in [1.54, 1.807) is 11.9 Å². The van der Waals surface area contributed by atoms with Crippen LogP contribution in [0.2, 0.25) is 0 Å². The number of benzene rings is 1. The molecule has 0 aliphatic carbocycles. The highest BCUT2D eigenvalue weighted by Crippen LogP contribution is 2.18. The number of likely N-dealkylation sites (N-methyl/N-ethyl adjacent to an activating group) is 2. The Labute approximate surface area is 89.1 Å². The molecule has 1 aromatic carbocycles. The van der Waals surface area contributed by atoms with Gasteiger partial charge in [0.2, 0.25) is 0 Å². The van der Waals surface area contributed by atoms with Crippen LogP contribution in [0.1, 0.15) is 0 Å². The molecule has 0 unspecified atom stereocenters. The summed E-state index contributed by atoms with van der Waals surface area (Å²) in [7, 11) is 5.70. The van der Waals surface area contributed by atoms with Crippen molar-refractivity contribution < 1.29 is 8.78 Å². The number of rotatable bonds is 4. The maximum absolute atomic E-state index is 13.3. The summed E-state index contributed by atoms with van der Waals surface area (Å²) in [5.74, 6) is -1.06. The van der Waals surface area contributed by atoms with E-state index in [0.717, 1.165) is 12.6 Å². The Morgan fingerprint density at radius 2 is 1.73 bits per heavy atom. The molecule has 4 heteroatoms. The summed E-state index contributed by atoms with van der Waals surface area (Å²) in [5.41, 5.74) is 0.429. The lowest BCUT2D eigenvalue weighted by atomic mass is 10.2. The fourth-order valence-electron chi connectivity index (χ4n) is 1.26. The summed E-state index contributed by atoms with van der Waals surface area (Å²) in [4.78, 5) is 3.78. The molecular weight excluding hydrogens is 198 g/mol. The first-order valence-corrected chi connectivity index (χ1v) is 4.81. The molecular formula is C11H16F2N2. The van der Waals surface area contributed by atoms with Gasteiger partial charge in [-0.1, -0.05) is 0 Å². The molecule has 0 bridgehead atoms. The van der Waals surface area contributed by atoms with Crippen molar-refractivity contribution in [2.24, 2.45) is 0 Å². The summed E-state index contributed by atoms with van der Waals surface area (Å²) in [5, 5.41) is 0. The minimum Gasteiger partial charge on any atom is -0.371 e. The molecule has 0 spiro atoms. The van der Waals surface area contributed by atoms with Gasteiger partial charge in [-0.05, 0) is 26.2 Å². The quantitative estimate of drug-likeness (QED) is 0.756. The summed E-state index contributed by atoms with van der Waals surface area (Å²) in [6.07, 6.45) is 0. The molecule has 0 aromatic heterocycles. The predicted molar refractivity (Wildman–Crippen MR) is 58.2 cm³/mol. The lowest BCUT2D eigenvalue weighted by molar-refractivity contribution is 0.415. The molecule has 0 radical (unpaired) electrons. The van der Waals surface area contributed by atoms with Crippen LogP contribution in [0.15, 0.2) is 18.2 Å². The zero-order valence-electron chi connectivity index (χ0n) is 9.30. The molecule has 0 aliphatic rings. The highest BCUT2D eigenvalue weighted by atomic mass is 19.1. The van der Waals surface area contributed by atoms with Gasteiger partial charge in [0, 0.05) is 26.2 Å². The van der Waals surface area contributed by atoms with E-state index in [4.69, 9.17) is 0 Å². The molecule has 0 fully saturated rings. The van der Waals surface area contributed by atoms with Crippen molar-refractivity contribution in [1.29, 1.82) is 0 Å². The summed E-state index contributed by atoms with van der Waals surface area (Å²) in [6.45, 7) is 1.53. The fraction of sp³-hybridized carbons (Fsp3) is 0.455. The van der Waals surface area contributed by atoms with Crippen LogP contribution in [0.25, 0.3) is 0 Å². The van der Waals surface area contributed by atoms with Crippen LogP contribution < -0.4 is 4.90 Å². The number of hydrogen-bond donors (Lipinski definition) is 0. The topological polar surface area (TPSA) is 6.48 Å². The lowest BCUT2D eigenvalue weighted by Crippen LogP contribution is -2.29. The van der Waals surface area contributed by atoms with Crippen LogP contribution in [-0.2, 0) is 0 Å². The number of halogens is 2. The molecule has 0 amide bonds. The molecule has 1 rings (SSSR count). The van der Waals surface area contributed by atoms with Gasteiger partial charge in [-0.15, -0.1) is 0 Å². The molecule has 0 aliphatic heterocycles. The van der Waals surface area contributed by atoms with Gasteiger partial charge in [-0.25, -0.2) is 8.78 Å². The Hall–Kier alpha value is -1.16. The zero-order valence-corrected chi connectivity index (χ0v) is 9.30. The van der Waals surface area contributed by atoms with Crippen LogP contribution in [-0.4, -0.2) is 39.1 Å². The third-order valence-corrected chi connectivity index (χ3v) is 2.20. The second-order valence-corrected chi connectivity index (χ2v) is 3.82. The third kappa shape index (κ3) is 3.47. The van der Waals surface area contributed by atoms with Crippen LogP contribution in [0, 0.1) is 11.6 Å². The number of nitrogens with zero attached hydrogens (tertiary/aromatic N) is 2. The van der Waals surface area contributed by atoms with Gasteiger partial charge in [0.1, 0.15) is 11.6 Å². The predicted octanol–water partition coefficient (Wildman–Crippen LogP) is 1.96. The molecule has 84 valence electrons.